The van der Waals surface area contributed by atoms with Gasteiger partial charge in [-0.15, -0.1) is 12.6 Å². The fourth-order valence-corrected chi connectivity index (χ4v) is 5.64. The Morgan fingerprint density at radius 1 is 0.811 bits per heavy atom. The number of carbonyl (C=O) groups is 1. The first kappa shape index (κ1) is 29.6. The van der Waals surface area contributed by atoms with Crippen molar-refractivity contribution in [2.24, 2.45) is 10.8 Å². The van der Waals surface area contributed by atoms with Gasteiger partial charge in [-0.3, -0.25) is 4.79 Å². The molecule has 200 valence electrons. The molecule has 1 aromatic heterocycles. The molecule has 0 unspecified atom stereocenters. The molecule has 0 saturated heterocycles. The lowest BCUT2D eigenvalue weighted by atomic mass is 9.83. The predicted octanol–water partition coefficient (Wildman–Crippen LogP) is 9.76. The lowest BCUT2D eigenvalue weighted by Gasteiger charge is -2.32. The highest BCUT2D eigenvalue weighted by atomic mass is 32.2. The second kappa shape index (κ2) is 9.64. The molecule has 37 heavy (non-hydrogen) atoms. The third kappa shape index (κ3) is 6.37. The zero-order valence-corrected chi connectivity index (χ0v) is 26.2. The maximum Gasteiger partial charge on any atom is 0.348 e. The summed E-state index contributed by atoms with van der Waals surface area (Å²) in [6.45, 7) is 25.7. The Labute approximate surface area is 233 Å². The molecule has 3 rings (SSSR count). The molecule has 1 aromatic rings. The van der Waals surface area contributed by atoms with Gasteiger partial charge in [-0.25, -0.2) is 4.42 Å². The molecule has 1 N–H and O–H groups in total. The zero-order chi connectivity index (χ0) is 28.3. The summed E-state index contributed by atoms with van der Waals surface area (Å²) in [7, 11) is 0. The summed E-state index contributed by atoms with van der Waals surface area (Å²) in [6, 6.07) is 1.93. The maximum absolute atomic E-state index is 13.3. The van der Waals surface area contributed by atoms with Crippen LogP contribution in [0.15, 0.2) is 65.9 Å². The lowest BCUT2D eigenvalue weighted by molar-refractivity contribution is -0.113. The number of hydrogen-bond acceptors (Lipinski definition) is 4. The van der Waals surface area contributed by atoms with Gasteiger partial charge in [0.25, 0.3) is 0 Å². The number of thioether (sulfide) groups is 1. The first-order valence-corrected chi connectivity index (χ1v) is 14.1. The van der Waals surface area contributed by atoms with Crippen LogP contribution < -0.4 is 0 Å². The number of rotatable bonds is 2. The molecule has 2 heterocycles. The normalized spacial score (nSPS) is 18.7. The van der Waals surface area contributed by atoms with Crippen molar-refractivity contribution in [1.29, 1.82) is 0 Å². The highest BCUT2D eigenvalue weighted by Crippen LogP contribution is 2.49. The van der Waals surface area contributed by atoms with Crippen LogP contribution in [0.1, 0.15) is 100 Å². The van der Waals surface area contributed by atoms with Crippen LogP contribution in [0, 0.1) is 10.8 Å². The van der Waals surface area contributed by atoms with Crippen LogP contribution in [-0.4, -0.2) is 10.9 Å². The Hall–Kier alpha value is -1.98. The van der Waals surface area contributed by atoms with E-state index in [-0.39, 0.29) is 33.2 Å². The Morgan fingerprint density at radius 3 is 1.73 bits per heavy atom. The number of aliphatic hydroxyl groups is 1. The summed E-state index contributed by atoms with van der Waals surface area (Å²) in [4.78, 5) is 16.4. The van der Waals surface area contributed by atoms with Gasteiger partial charge in [0.15, 0.2) is 0 Å². The standard InChI is InChI=1S/C32H42O3S2/c1-29(2,3)22-17-19(27(36)28(35-22)32(10,11)12)16-21-25(33)20(26(21)34)13-18-14-23(30(4,5)6)37-24(15-18)31(7,8)9/h13-17H,1-12H3,(H-,33,34,36)/p+1. The monoisotopic (exact) mass is 539 g/mol. The Kier molecular flexibility index (Phi) is 7.71. The van der Waals surface area contributed by atoms with Crippen molar-refractivity contribution in [3.63, 3.8) is 0 Å². The van der Waals surface area contributed by atoms with E-state index < -0.39 is 0 Å². The summed E-state index contributed by atoms with van der Waals surface area (Å²) in [6.07, 6.45) is 7.82. The Bertz CT molecular complexity index is 1260. The maximum atomic E-state index is 13.3. The van der Waals surface area contributed by atoms with Gasteiger partial charge in [0, 0.05) is 11.6 Å². The molecule has 0 radical (unpaired) electrons. The van der Waals surface area contributed by atoms with E-state index in [0.29, 0.717) is 16.0 Å². The lowest BCUT2D eigenvalue weighted by Crippen LogP contribution is -2.22. The van der Waals surface area contributed by atoms with E-state index in [0.717, 1.165) is 22.7 Å². The van der Waals surface area contributed by atoms with Crippen molar-refractivity contribution >= 4 is 36.2 Å². The average Bonchev–Trinajstić information content (AvgIpc) is 2.73. The van der Waals surface area contributed by atoms with Gasteiger partial charge in [0.1, 0.15) is 10.7 Å². The van der Waals surface area contributed by atoms with Crippen molar-refractivity contribution < 1.29 is 14.3 Å². The summed E-state index contributed by atoms with van der Waals surface area (Å²) in [5.74, 6) is 1.42. The summed E-state index contributed by atoms with van der Waals surface area (Å²) >= 11 is 6.57. The van der Waals surface area contributed by atoms with Crippen LogP contribution in [0.4, 0.5) is 0 Å². The first-order chi connectivity index (χ1) is 16.6. The number of thiol groups is 1. The van der Waals surface area contributed by atoms with Gasteiger partial charge in [-0.1, -0.05) is 53.3 Å². The SMILES string of the molecule is CC(C)(C)C1=CC(=CC2=C(O)C(=Cc3cc(C(C)(C)C)[o+]c(C(C)(C)C)c3S)C2=O)C=C(C(C)(C)C)S1. The molecule has 5 heteroatoms. The van der Waals surface area contributed by atoms with Gasteiger partial charge in [-0.05, 0) is 92.1 Å². The van der Waals surface area contributed by atoms with E-state index in [1.165, 1.54) is 9.81 Å². The third-order valence-electron chi connectivity index (χ3n) is 6.31. The van der Waals surface area contributed by atoms with Crippen LogP contribution in [0.2, 0.25) is 0 Å². The van der Waals surface area contributed by atoms with Crippen LogP contribution in [-0.2, 0) is 15.6 Å². The molecule has 0 aromatic carbocycles. The molecule has 0 spiro atoms. The molecule has 0 fully saturated rings. The fraction of sp³-hybridized carbons (Fsp3) is 0.500. The van der Waals surface area contributed by atoms with E-state index in [4.69, 9.17) is 17.0 Å². The van der Waals surface area contributed by atoms with Gasteiger partial charge >= 0.3 is 11.5 Å². The van der Waals surface area contributed by atoms with Crippen LogP contribution in [0.25, 0.3) is 6.08 Å². The Morgan fingerprint density at radius 2 is 1.32 bits per heavy atom. The minimum absolute atomic E-state index is 0.0174. The summed E-state index contributed by atoms with van der Waals surface area (Å²) < 4.78 is 6.27. The van der Waals surface area contributed by atoms with Crippen molar-refractivity contribution in [2.45, 2.75) is 98.8 Å². The van der Waals surface area contributed by atoms with Crippen molar-refractivity contribution in [1.82, 2.24) is 0 Å². The highest BCUT2D eigenvalue weighted by molar-refractivity contribution is 8.06. The fourth-order valence-electron chi connectivity index (χ4n) is 3.89. The van der Waals surface area contributed by atoms with E-state index in [9.17, 15) is 9.90 Å². The number of Topliss-reactive ketones (excluding diaryl/α,β-unsaturated/α-hetero) is 1. The number of carbonyl (C=O) groups excluding carboxylic acids is 1. The minimum Gasteiger partial charge on any atom is -0.506 e. The van der Waals surface area contributed by atoms with Gasteiger partial charge in [0.05, 0.1) is 22.0 Å². The largest absolute Gasteiger partial charge is 0.506 e. The Balaban J connectivity index is 2.12. The zero-order valence-electron chi connectivity index (χ0n) is 24.5. The molecule has 0 bridgehead atoms. The van der Waals surface area contributed by atoms with Crippen molar-refractivity contribution in [2.75, 3.05) is 0 Å². The van der Waals surface area contributed by atoms with Gasteiger partial charge in [0.2, 0.25) is 5.78 Å². The van der Waals surface area contributed by atoms with E-state index in [1.807, 2.05) is 12.1 Å². The second-order valence-electron chi connectivity index (χ2n) is 14.2. The van der Waals surface area contributed by atoms with E-state index in [2.05, 4.69) is 95.2 Å². The smallest absolute Gasteiger partial charge is 0.348 e. The molecular weight excluding hydrogens is 496 g/mol. The van der Waals surface area contributed by atoms with Crippen LogP contribution in [0.3, 0.4) is 0 Å². The van der Waals surface area contributed by atoms with Crippen molar-refractivity contribution in [3.8, 4) is 0 Å². The quantitative estimate of drug-likeness (QED) is 0.223. The molecule has 3 nitrogen and oxygen atoms in total. The molecule has 0 amide bonds. The van der Waals surface area contributed by atoms with Crippen LogP contribution >= 0.6 is 24.4 Å². The van der Waals surface area contributed by atoms with Crippen LogP contribution in [0.5, 0.6) is 0 Å². The summed E-state index contributed by atoms with van der Waals surface area (Å²) in [5, 5.41) is 11.0. The van der Waals surface area contributed by atoms with E-state index >= 15 is 0 Å². The highest BCUT2D eigenvalue weighted by Gasteiger charge is 2.38. The molecule has 0 atom stereocenters. The molecule has 0 saturated carbocycles. The molecular formula is C32H43O3S2+. The number of hydrogen-bond donors (Lipinski definition) is 2. The number of aliphatic hydroxyl groups excluding tert-OH is 1. The minimum atomic E-state index is -0.268. The molecule has 1 aliphatic heterocycles. The molecule has 2 aliphatic rings. The second-order valence-corrected chi connectivity index (χ2v) is 15.7. The first-order valence-electron chi connectivity index (χ1n) is 12.9. The number of allylic oxidation sites excluding steroid dienone is 8. The predicted molar refractivity (Wildman–Crippen MR) is 161 cm³/mol. The average molecular weight is 540 g/mol. The topological polar surface area (TPSA) is 48.6 Å². The number of ketones is 1. The van der Waals surface area contributed by atoms with E-state index in [1.54, 1.807) is 17.8 Å². The van der Waals surface area contributed by atoms with Gasteiger partial charge < -0.3 is 5.11 Å². The molecule has 1 aliphatic carbocycles. The third-order valence-corrected chi connectivity index (χ3v) is 8.67. The van der Waals surface area contributed by atoms with Crippen molar-refractivity contribution in [3.05, 3.63) is 73.7 Å². The van der Waals surface area contributed by atoms with Gasteiger partial charge in [-0.2, -0.15) is 0 Å². The summed E-state index contributed by atoms with van der Waals surface area (Å²) in [5.41, 5.74) is 1.82.